The van der Waals surface area contributed by atoms with Gasteiger partial charge in [0.25, 0.3) is 0 Å². The molecule has 2 heterocycles. The summed E-state index contributed by atoms with van der Waals surface area (Å²) in [4.78, 5) is 4.21. The summed E-state index contributed by atoms with van der Waals surface area (Å²) in [7, 11) is -3.66. The van der Waals surface area contributed by atoms with E-state index in [4.69, 9.17) is 10.3 Å². The van der Waals surface area contributed by atoms with Gasteiger partial charge in [0.15, 0.2) is 0 Å². The summed E-state index contributed by atoms with van der Waals surface area (Å²) in [6.45, 7) is 5.06. The quantitative estimate of drug-likeness (QED) is 0.562. The Balaban J connectivity index is 1.97. The molecular formula is C20H20N4O3S. The van der Waals surface area contributed by atoms with Gasteiger partial charge in [0.2, 0.25) is 16.0 Å². The van der Waals surface area contributed by atoms with Crippen molar-refractivity contribution >= 4 is 27.0 Å². The van der Waals surface area contributed by atoms with Gasteiger partial charge in [-0.05, 0) is 38.5 Å². The first-order valence-corrected chi connectivity index (χ1v) is 10.4. The number of hydrogen-bond donors (Lipinski definition) is 1. The minimum absolute atomic E-state index is 0.0498. The molecule has 2 aromatic heterocycles. The molecule has 0 unspecified atom stereocenters. The number of nitrogens with zero attached hydrogens (tertiary/aromatic N) is 3. The van der Waals surface area contributed by atoms with E-state index in [9.17, 15) is 8.42 Å². The van der Waals surface area contributed by atoms with Gasteiger partial charge in [-0.25, -0.2) is 17.4 Å². The summed E-state index contributed by atoms with van der Waals surface area (Å²) in [5.41, 5.74) is 10.1. The van der Waals surface area contributed by atoms with Gasteiger partial charge in [0, 0.05) is 5.56 Å². The zero-order valence-corrected chi connectivity index (χ0v) is 16.6. The first kappa shape index (κ1) is 18.2. The minimum Gasteiger partial charge on any atom is -0.368 e. The maximum absolute atomic E-state index is 12.8. The van der Waals surface area contributed by atoms with Crippen molar-refractivity contribution in [1.82, 2.24) is 14.1 Å². The van der Waals surface area contributed by atoms with Crippen LogP contribution in [0.5, 0.6) is 0 Å². The van der Waals surface area contributed by atoms with Crippen LogP contribution in [0.25, 0.3) is 33.4 Å². The van der Waals surface area contributed by atoms with Crippen LogP contribution in [0.4, 0.5) is 5.95 Å². The maximum Gasteiger partial charge on any atom is 0.244 e. The molecule has 0 aliphatic carbocycles. The highest BCUT2D eigenvalue weighted by Gasteiger charge is 2.25. The largest absolute Gasteiger partial charge is 0.368 e. The summed E-state index contributed by atoms with van der Waals surface area (Å²) in [5.74, 6) is 0.593. The van der Waals surface area contributed by atoms with E-state index in [1.807, 2.05) is 43.3 Å². The number of fused-ring (bicyclic) bond motifs is 1. The van der Waals surface area contributed by atoms with Gasteiger partial charge in [0.1, 0.15) is 11.5 Å². The summed E-state index contributed by atoms with van der Waals surface area (Å²) in [5, 5.41) is 3.58. The van der Waals surface area contributed by atoms with E-state index in [1.54, 1.807) is 26.0 Å². The SMILES string of the molecule is Cc1onc(-c2ccccc2)c1-c1ccc2nc(N)n(S(=O)(=O)C(C)C)c2c1. The van der Waals surface area contributed by atoms with E-state index >= 15 is 0 Å². The minimum atomic E-state index is -3.66. The number of rotatable bonds is 4. The second kappa shape index (κ2) is 6.49. The molecule has 0 spiro atoms. The lowest BCUT2D eigenvalue weighted by atomic mass is 9.99. The van der Waals surface area contributed by atoms with Crippen molar-refractivity contribution in [2.75, 3.05) is 5.73 Å². The van der Waals surface area contributed by atoms with Crippen LogP contribution in [-0.2, 0) is 10.0 Å². The van der Waals surface area contributed by atoms with Gasteiger partial charge in [0.05, 0.1) is 21.8 Å². The van der Waals surface area contributed by atoms with Gasteiger partial charge in [-0.3, -0.25) is 0 Å². The Morgan fingerprint density at radius 3 is 2.46 bits per heavy atom. The molecular weight excluding hydrogens is 376 g/mol. The standard InChI is InChI=1S/C20H20N4O3S/c1-12(2)28(25,26)24-17-11-15(9-10-16(17)22-20(24)21)18-13(3)27-23-19(18)14-7-5-4-6-8-14/h4-12H,1-3H3,(H2,21,22). The Hall–Kier alpha value is -3.13. The number of aromatic nitrogens is 3. The molecule has 0 aliphatic rings. The van der Waals surface area contributed by atoms with E-state index in [2.05, 4.69) is 10.1 Å². The van der Waals surface area contributed by atoms with Gasteiger partial charge in [-0.15, -0.1) is 0 Å². The molecule has 144 valence electrons. The molecule has 0 aliphatic heterocycles. The van der Waals surface area contributed by atoms with Crippen LogP contribution in [-0.4, -0.2) is 27.8 Å². The first-order valence-electron chi connectivity index (χ1n) is 8.85. The van der Waals surface area contributed by atoms with Crippen LogP contribution in [0.15, 0.2) is 53.1 Å². The molecule has 0 fully saturated rings. The smallest absolute Gasteiger partial charge is 0.244 e. The molecule has 0 radical (unpaired) electrons. The average molecular weight is 396 g/mol. The number of anilines is 1. The third-order valence-electron chi connectivity index (χ3n) is 4.69. The van der Waals surface area contributed by atoms with Crippen LogP contribution in [0.2, 0.25) is 0 Å². The summed E-state index contributed by atoms with van der Waals surface area (Å²) < 4.78 is 32.1. The van der Waals surface area contributed by atoms with Crippen LogP contribution < -0.4 is 5.73 Å². The summed E-state index contributed by atoms with van der Waals surface area (Å²) in [6, 6.07) is 15.1. The van der Waals surface area contributed by atoms with E-state index in [1.165, 1.54) is 0 Å². The molecule has 7 nitrogen and oxygen atoms in total. The lowest BCUT2D eigenvalue weighted by Crippen LogP contribution is -2.23. The Morgan fingerprint density at radius 2 is 1.79 bits per heavy atom. The third kappa shape index (κ3) is 2.77. The predicted octanol–water partition coefficient (Wildman–Crippen LogP) is 3.84. The van der Waals surface area contributed by atoms with Crippen molar-refractivity contribution in [2.45, 2.75) is 26.0 Å². The molecule has 2 aromatic carbocycles. The topological polar surface area (TPSA) is 104 Å². The molecule has 28 heavy (non-hydrogen) atoms. The van der Waals surface area contributed by atoms with Gasteiger partial charge in [-0.1, -0.05) is 41.6 Å². The Labute approximate surface area is 162 Å². The van der Waals surface area contributed by atoms with Crippen molar-refractivity contribution in [3.63, 3.8) is 0 Å². The van der Waals surface area contributed by atoms with Crippen LogP contribution in [0.1, 0.15) is 19.6 Å². The summed E-state index contributed by atoms with van der Waals surface area (Å²) in [6.07, 6.45) is 0. The van der Waals surface area contributed by atoms with Crippen LogP contribution in [0, 0.1) is 6.92 Å². The lowest BCUT2D eigenvalue weighted by molar-refractivity contribution is 0.400. The number of nitrogen functional groups attached to an aromatic ring is 1. The molecule has 0 saturated heterocycles. The second-order valence-electron chi connectivity index (χ2n) is 6.86. The Morgan fingerprint density at radius 1 is 1.07 bits per heavy atom. The molecule has 4 aromatic rings. The van der Waals surface area contributed by atoms with Crippen LogP contribution >= 0.6 is 0 Å². The highest BCUT2D eigenvalue weighted by Crippen LogP contribution is 2.36. The number of hydrogen-bond acceptors (Lipinski definition) is 6. The van der Waals surface area contributed by atoms with Crippen LogP contribution in [0.3, 0.4) is 0 Å². The number of benzene rings is 2. The van der Waals surface area contributed by atoms with Crippen molar-refractivity contribution in [3.8, 4) is 22.4 Å². The first-order chi connectivity index (χ1) is 13.3. The normalized spacial score (nSPS) is 12.1. The second-order valence-corrected chi connectivity index (χ2v) is 9.20. The van der Waals surface area contributed by atoms with Crippen molar-refractivity contribution in [1.29, 1.82) is 0 Å². The average Bonchev–Trinajstić information content (AvgIpc) is 3.21. The third-order valence-corrected chi connectivity index (χ3v) is 6.77. The fourth-order valence-corrected chi connectivity index (χ4v) is 4.36. The number of nitrogens with two attached hydrogens (primary N) is 1. The number of imidazole rings is 1. The van der Waals surface area contributed by atoms with Gasteiger partial charge < -0.3 is 10.3 Å². The summed E-state index contributed by atoms with van der Waals surface area (Å²) >= 11 is 0. The molecule has 0 amide bonds. The van der Waals surface area contributed by atoms with E-state index < -0.39 is 15.3 Å². The fraction of sp³-hybridized carbons (Fsp3) is 0.200. The van der Waals surface area contributed by atoms with Crippen molar-refractivity contribution < 1.29 is 12.9 Å². The predicted molar refractivity (Wildman–Crippen MR) is 109 cm³/mol. The van der Waals surface area contributed by atoms with Crippen molar-refractivity contribution in [2.24, 2.45) is 0 Å². The maximum atomic E-state index is 12.8. The fourth-order valence-electron chi connectivity index (χ4n) is 3.21. The van der Waals surface area contributed by atoms with Crippen molar-refractivity contribution in [3.05, 3.63) is 54.3 Å². The Bertz CT molecular complexity index is 1270. The number of aryl methyl sites for hydroxylation is 1. The molecule has 8 heteroatoms. The molecule has 2 N–H and O–H groups in total. The molecule has 0 saturated carbocycles. The van der Waals surface area contributed by atoms with Gasteiger partial charge >= 0.3 is 0 Å². The molecule has 0 bridgehead atoms. The zero-order valence-electron chi connectivity index (χ0n) is 15.7. The monoisotopic (exact) mass is 396 g/mol. The van der Waals surface area contributed by atoms with E-state index in [0.29, 0.717) is 22.5 Å². The zero-order chi connectivity index (χ0) is 20.1. The Kier molecular flexibility index (Phi) is 4.23. The van der Waals surface area contributed by atoms with Gasteiger partial charge in [-0.2, -0.15) is 0 Å². The highest BCUT2D eigenvalue weighted by molar-refractivity contribution is 7.90. The highest BCUT2D eigenvalue weighted by atomic mass is 32.2. The molecule has 0 atom stereocenters. The lowest BCUT2D eigenvalue weighted by Gasteiger charge is -2.11. The van der Waals surface area contributed by atoms with E-state index in [0.717, 1.165) is 20.7 Å². The van der Waals surface area contributed by atoms with E-state index in [-0.39, 0.29) is 5.95 Å². The molecule has 4 rings (SSSR count).